The van der Waals surface area contributed by atoms with Crippen molar-refractivity contribution in [1.29, 1.82) is 5.26 Å². The van der Waals surface area contributed by atoms with Crippen LogP contribution in [0, 0.1) is 23.0 Å². The van der Waals surface area contributed by atoms with Crippen LogP contribution in [0.25, 0.3) is 21.8 Å². The van der Waals surface area contributed by atoms with Crippen LogP contribution in [0.2, 0.25) is 0 Å². The monoisotopic (exact) mass is 913 g/mol. The van der Waals surface area contributed by atoms with Gasteiger partial charge in [-0.2, -0.15) is 10.4 Å². The molecule has 6 heterocycles. The molecule has 0 aliphatic carbocycles. The van der Waals surface area contributed by atoms with Crippen molar-refractivity contribution in [2.45, 2.75) is 69.5 Å². The van der Waals surface area contributed by atoms with Crippen molar-refractivity contribution in [3.05, 3.63) is 76.3 Å². The van der Waals surface area contributed by atoms with Gasteiger partial charge in [0.2, 0.25) is 11.8 Å². The maximum Gasteiger partial charge on any atom is 0.329 e. The quantitative estimate of drug-likeness (QED) is 0.106. The Labute approximate surface area is 376 Å². The molecule has 0 radical (unpaired) electrons. The number of carbonyl (C=O) groups excluding carboxylic acids is 3. The second kappa shape index (κ2) is 19.0. The summed E-state index contributed by atoms with van der Waals surface area (Å²) in [4.78, 5) is 60.1. The second-order valence-corrected chi connectivity index (χ2v) is 17.6. The van der Waals surface area contributed by atoms with Crippen molar-refractivity contribution in [2.75, 3.05) is 67.4 Å². The van der Waals surface area contributed by atoms with Crippen LogP contribution in [0.4, 0.5) is 30.8 Å². The van der Waals surface area contributed by atoms with Gasteiger partial charge in [0.25, 0.3) is 5.56 Å². The standard InChI is InChI=1S/C26H33FN6O5.C18H16FN5O2S/c27-18-14-17-19(29-30-23(17)33-8-2-21(34)28-24(33)36)15-20(18)31-9-4-25(37,5-10-31)16-22(35)32-11-6-26(7-12-32)3-1-13-38-26;1-3-24(2)27-23-16-7-5-14(19)17(13(16)9-20)26-11-4-6-15-12(8-11)18(25)22-10-21-15/h14-15,37H,1-13,16H2,(H,29,30)(H,28,34,36);4-8,10,23H,3H2,1-2H3,(H,21,22,25). The molecule has 0 bridgehead atoms. The number of likely N-dealkylation sites (tertiary alicyclic amines) is 1. The summed E-state index contributed by atoms with van der Waals surface area (Å²) < 4.78 is 46.1. The van der Waals surface area contributed by atoms with Crippen molar-refractivity contribution in [2.24, 2.45) is 0 Å². The number of urea groups is 1. The molecule has 0 unspecified atom stereocenters. The van der Waals surface area contributed by atoms with Gasteiger partial charge in [0.15, 0.2) is 17.4 Å². The molecular formula is C44H49F2N11O7S. The summed E-state index contributed by atoms with van der Waals surface area (Å²) in [5.41, 5.74) is 0.379. The highest BCUT2D eigenvalue weighted by Gasteiger charge is 2.42. The molecule has 4 fully saturated rings. The number of aliphatic hydroxyl groups is 1. The predicted octanol–water partition coefficient (Wildman–Crippen LogP) is 5.69. The zero-order valence-electron chi connectivity index (χ0n) is 35.9. The van der Waals surface area contributed by atoms with Crippen molar-refractivity contribution in [3.8, 4) is 17.6 Å². The van der Waals surface area contributed by atoms with Crippen LogP contribution in [-0.2, 0) is 14.3 Å². The fourth-order valence-corrected chi connectivity index (χ4v) is 9.10. The summed E-state index contributed by atoms with van der Waals surface area (Å²) in [7, 11) is 1.88. The number of carbonyl (C=O) groups is 3. The van der Waals surface area contributed by atoms with Gasteiger partial charge in [-0.1, -0.05) is 6.92 Å². The van der Waals surface area contributed by atoms with Gasteiger partial charge in [0.05, 0.1) is 51.7 Å². The fourth-order valence-electron chi connectivity index (χ4n) is 8.55. The van der Waals surface area contributed by atoms with Crippen LogP contribution in [0.5, 0.6) is 11.5 Å². The van der Waals surface area contributed by atoms with Crippen molar-refractivity contribution in [3.63, 3.8) is 0 Å². The van der Waals surface area contributed by atoms with Crippen molar-refractivity contribution >= 4 is 69.0 Å². The number of hydrogen-bond acceptors (Lipinski definition) is 14. The lowest BCUT2D eigenvalue weighted by atomic mass is 9.85. The number of benzene rings is 3. The number of hydrogen-bond donors (Lipinski definition) is 5. The summed E-state index contributed by atoms with van der Waals surface area (Å²) in [5.74, 6) is -1.24. The highest BCUT2D eigenvalue weighted by atomic mass is 32.2. The van der Waals surface area contributed by atoms with E-state index in [2.05, 4.69) is 30.2 Å². The number of anilines is 3. The smallest absolute Gasteiger partial charge is 0.329 e. The topological polar surface area (TPSA) is 225 Å². The first-order valence-electron chi connectivity index (χ1n) is 21.5. The van der Waals surface area contributed by atoms with Gasteiger partial charge in [0, 0.05) is 69.8 Å². The average Bonchev–Trinajstić information content (AvgIpc) is 3.93. The number of nitriles is 1. The molecular weight excluding hydrogens is 865 g/mol. The molecule has 1 spiro atoms. The molecule has 342 valence electrons. The molecule has 3 aromatic carbocycles. The van der Waals surface area contributed by atoms with E-state index >= 15 is 4.39 Å². The molecule has 0 saturated carbocycles. The molecule has 2 aromatic heterocycles. The number of aromatic nitrogens is 4. The van der Waals surface area contributed by atoms with Crippen LogP contribution in [0.3, 0.4) is 0 Å². The number of piperidine rings is 2. The molecule has 4 saturated heterocycles. The molecule has 4 amide bonds. The van der Waals surface area contributed by atoms with Gasteiger partial charge >= 0.3 is 6.03 Å². The van der Waals surface area contributed by atoms with Crippen LogP contribution in [0.15, 0.2) is 53.6 Å². The number of ether oxygens (including phenoxy) is 2. The minimum Gasteiger partial charge on any atom is -0.453 e. The molecule has 18 nitrogen and oxygen atoms in total. The molecule has 5 aromatic rings. The number of nitrogens with one attached hydrogen (secondary N) is 4. The summed E-state index contributed by atoms with van der Waals surface area (Å²) in [6.07, 6.45) is 6.07. The molecule has 4 aliphatic heterocycles. The van der Waals surface area contributed by atoms with E-state index < -0.39 is 23.3 Å². The zero-order chi connectivity index (χ0) is 45.9. The number of aromatic amines is 2. The highest BCUT2D eigenvalue weighted by Crippen LogP contribution is 2.39. The maximum atomic E-state index is 15.3. The predicted molar refractivity (Wildman–Crippen MR) is 239 cm³/mol. The van der Waals surface area contributed by atoms with Crippen molar-refractivity contribution < 1.29 is 37.7 Å². The van der Waals surface area contributed by atoms with E-state index in [1.54, 1.807) is 18.2 Å². The van der Waals surface area contributed by atoms with Gasteiger partial charge in [-0.3, -0.25) is 29.7 Å². The second-order valence-electron chi connectivity index (χ2n) is 16.6. The number of amides is 4. The third kappa shape index (κ3) is 9.85. The van der Waals surface area contributed by atoms with Gasteiger partial charge < -0.3 is 34.1 Å². The van der Waals surface area contributed by atoms with Crippen LogP contribution >= 0.6 is 12.1 Å². The van der Waals surface area contributed by atoms with E-state index in [4.69, 9.17) is 9.47 Å². The van der Waals surface area contributed by atoms with Gasteiger partial charge in [-0.15, -0.1) is 0 Å². The Hall–Kier alpha value is -6.34. The molecule has 65 heavy (non-hydrogen) atoms. The summed E-state index contributed by atoms with van der Waals surface area (Å²) in [6.45, 7) is 5.86. The Morgan fingerprint density at radius 2 is 1.82 bits per heavy atom. The van der Waals surface area contributed by atoms with E-state index in [9.17, 15) is 33.9 Å². The number of halogens is 2. The Morgan fingerprint density at radius 1 is 1.03 bits per heavy atom. The van der Waals surface area contributed by atoms with E-state index in [1.807, 2.05) is 34.1 Å². The molecule has 9 rings (SSSR count). The van der Waals surface area contributed by atoms with E-state index in [0.29, 0.717) is 72.2 Å². The molecule has 4 aliphatic rings. The Morgan fingerprint density at radius 3 is 2.52 bits per heavy atom. The van der Waals surface area contributed by atoms with E-state index in [0.717, 1.165) is 38.8 Å². The minimum absolute atomic E-state index is 0.0326. The van der Waals surface area contributed by atoms with Gasteiger partial charge in [-0.05, 0) is 88.0 Å². The third-order valence-electron chi connectivity index (χ3n) is 12.5. The highest BCUT2D eigenvalue weighted by molar-refractivity contribution is 7.98. The normalized spacial score (nSPS) is 18.1. The Bertz CT molecular complexity index is 2700. The van der Waals surface area contributed by atoms with Crippen LogP contribution < -0.4 is 30.1 Å². The average molecular weight is 914 g/mol. The maximum absolute atomic E-state index is 15.3. The van der Waals surface area contributed by atoms with Gasteiger partial charge in [0.1, 0.15) is 23.2 Å². The number of fused-ring (bicyclic) bond motifs is 2. The Kier molecular flexibility index (Phi) is 13.2. The lowest BCUT2D eigenvalue weighted by Crippen LogP contribution is -2.51. The first-order valence-corrected chi connectivity index (χ1v) is 22.2. The largest absolute Gasteiger partial charge is 0.453 e. The van der Waals surface area contributed by atoms with Crippen molar-refractivity contribution in [1.82, 2.24) is 34.7 Å². The Balaban J connectivity index is 0.000000188. The zero-order valence-corrected chi connectivity index (χ0v) is 36.7. The number of imide groups is 1. The fraction of sp³-hybridized carbons (Fsp3) is 0.432. The van der Waals surface area contributed by atoms with Gasteiger partial charge in [-0.25, -0.2) is 22.9 Å². The molecule has 21 heteroatoms. The lowest BCUT2D eigenvalue weighted by molar-refractivity contribution is -0.142. The first-order chi connectivity index (χ1) is 31.3. The minimum atomic E-state index is -1.12. The lowest BCUT2D eigenvalue weighted by Gasteiger charge is -2.42. The van der Waals surface area contributed by atoms with Crippen LogP contribution in [0.1, 0.15) is 63.9 Å². The van der Waals surface area contributed by atoms with Crippen LogP contribution in [-0.4, -0.2) is 116 Å². The summed E-state index contributed by atoms with van der Waals surface area (Å²) >= 11 is 1.28. The number of H-pyrrole nitrogens is 2. The first kappa shape index (κ1) is 45.2. The third-order valence-corrected chi connectivity index (χ3v) is 13.3. The summed E-state index contributed by atoms with van der Waals surface area (Å²) in [5, 5.41) is 30.8. The number of rotatable bonds is 10. The van der Waals surface area contributed by atoms with E-state index in [-0.39, 0.29) is 65.2 Å². The molecule has 0 atom stereocenters. The number of nitrogens with zero attached hydrogens (tertiary/aromatic N) is 7. The SMILES string of the molecule is CCN(C)SNc1ccc(F)c(Oc2ccc3nc[nH]c(=O)c3c2)c1C#N.O=C1CCN(c2n[nH]c3cc(N4CCC(O)(CC(=O)N5CCC6(CCCO6)CC5)CC4)c(F)cc23)C(=O)N1. The van der Waals surface area contributed by atoms with E-state index in [1.165, 1.54) is 47.6 Å². The molecule has 5 N–H and O–H groups in total. The summed E-state index contributed by atoms with van der Waals surface area (Å²) in [6, 6.07) is 11.7.